The minimum absolute atomic E-state index is 0.0883. The van der Waals surface area contributed by atoms with Gasteiger partial charge >= 0.3 is 0 Å². The van der Waals surface area contributed by atoms with Gasteiger partial charge in [0.25, 0.3) is 5.91 Å². The number of hydrogen-bond donors (Lipinski definition) is 3. The highest BCUT2D eigenvalue weighted by Crippen LogP contribution is 2.40. The molecule has 53 heavy (non-hydrogen) atoms. The fourth-order valence-corrected chi connectivity index (χ4v) is 7.90. The van der Waals surface area contributed by atoms with E-state index in [-0.39, 0.29) is 43.3 Å². The zero-order valence-corrected chi connectivity index (χ0v) is 30.8. The second-order valence-corrected chi connectivity index (χ2v) is 14.8. The van der Waals surface area contributed by atoms with Crippen LogP contribution in [0, 0.1) is 0 Å². The molecule has 3 aliphatic heterocycles. The van der Waals surface area contributed by atoms with E-state index in [0.29, 0.717) is 55.5 Å². The van der Waals surface area contributed by atoms with Crippen molar-refractivity contribution in [1.29, 1.82) is 0 Å². The van der Waals surface area contributed by atoms with E-state index < -0.39 is 17.6 Å². The molecular formula is C41H42Cl2N6O4. The van der Waals surface area contributed by atoms with Crippen LogP contribution < -0.4 is 20.9 Å². The predicted molar refractivity (Wildman–Crippen MR) is 205 cm³/mol. The first-order valence-corrected chi connectivity index (χ1v) is 18.7. The van der Waals surface area contributed by atoms with E-state index in [1.807, 2.05) is 77.7 Å². The first kappa shape index (κ1) is 36.5. The van der Waals surface area contributed by atoms with Gasteiger partial charge in [0.2, 0.25) is 17.7 Å². The summed E-state index contributed by atoms with van der Waals surface area (Å²) in [5.41, 5.74) is 3.96. The third kappa shape index (κ3) is 8.20. The van der Waals surface area contributed by atoms with Crippen molar-refractivity contribution in [1.82, 2.24) is 25.8 Å². The van der Waals surface area contributed by atoms with Crippen LogP contribution in [0.4, 0.5) is 5.69 Å². The second kappa shape index (κ2) is 16.0. The lowest BCUT2D eigenvalue weighted by atomic mass is 9.85. The molecule has 3 heterocycles. The molecule has 4 aromatic rings. The number of fused-ring (bicyclic) bond motifs is 1. The van der Waals surface area contributed by atoms with E-state index in [4.69, 9.17) is 23.2 Å². The number of nitrogens with zero attached hydrogens (tertiary/aromatic N) is 3. The summed E-state index contributed by atoms with van der Waals surface area (Å²) in [5.74, 6) is -0.843. The Morgan fingerprint density at radius 3 is 2.15 bits per heavy atom. The smallest absolute Gasteiger partial charge is 0.250 e. The molecule has 1 spiro atoms. The molecule has 2 fully saturated rings. The van der Waals surface area contributed by atoms with Gasteiger partial charge in [0.15, 0.2) is 0 Å². The molecule has 0 unspecified atom stereocenters. The summed E-state index contributed by atoms with van der Waals surface area (Å²) in [5, 5.41) is 10.5. The Morgan fingerprint density at radius 2 is 1.45 bits per heavy atom. The van der Waals surface area contributed by atoms with Gasteiger partial charge in [-0.25, -0.2) is 0 Å². The Kier molecular flexibility index (Phi) is 11.0. The zero-order valence-electron chi connectivity index (χ0n) is 29.3. The molecule has 12 heteroatoms. The van der Waals surface area contributed by atoms with Crippen molar-refractivity contribution in [2.75, 3.05) is 31.2 Å². The lowest BCUT2D eigenvalue weighted by molar-refractivity contribution is -0.141. The Balaban J connectivity index is 1.07. The number of halogens is 2. The van der Waals surface area contributed by atoms with Crippen LogP contribution in [-0.4, -0.2) is 77.4 Å². The Bertz CT molecular complexity index is 1950. The van der Waals surface area contributed by atoms with Crippen LogP contribution in [0.2, 0.25) is 10.0 Å². The standard InChI is InChI=1S/C41H42Cl2N6O4/c42-32-12-10-28(11-13-32)22-36(46-38(51)35-23-30-8-4-5-9-31(30)25-44-35)39(52)47-20-18-41(19-21-47)40(53)48(27-49(41)34-16-14-33(43)15-17-34)26-37(50)45-24-29-6-2-1-3-7-29/h1-17,35-36,44H,18-27H2,(H,45,50)(H,46,51)/t35-,36-/m1/s1. The molecule has 10 nitrogen and oxygen atoms in total. The van der Waals surface area contributed by atoms with Crippen LogP contribution in [0.25, 0.3) is 0 Å². The first-order valence-electron chi connectivity index (χ1n) is 18.0. The molecule has 2 atom stereocenters. The van der Waals surface area contributed by atoms with Gasteiger partial charge in [0.1, 0.15) is 18.1 Å². The molecule has 0 aromatic heterocycles. The highest BCUT2D eigenvalue weighted by atomic mass is 35.5. The molecule has 4 aromatic carbocycles. The maximum Gasteiger partial charge on any atom is 0.250 e. The summed E-state index contributed by atoms with van der Waals surface area (Å²) >= 11 is 12.4. The van der Waals surface area contributed by atoms with Gasteiger partial charge in [-0.1, -0.05) is 89.9 Å². The lowest BCUT2D eigenvalue weighted by Crippen LogP contribution is -2.60. The van der Waals surface area contributed by atoms with Gasteiger partial charge in [-0.05, 0) is 77.9 Å². The van der Waals surface area contributed by atoms with E-state index >= 15 is 0 Å². The van der Waals surface area contributed by atoms with Crippen LogP contribution in [0.5, 0.6) is 0 Å². The number of hydrogen-bond acceptors (Lipinski definition) is 6. The molecule has 274 valence electrons. The quantitative estimate of drug-likeness (QED) is 0.216. The number of rotatable bonds is 10. The Hall–Kier alpha value is -4.90. The van der Waals surface area contributed by atoms with Gasteiger partial charge in [0.05, 0.1) is 12.7 Å². The minimum Gasteiger partial charge on any atom is -0.350 e. The normalized spacial score (nSPS) is 18.4. The van der Waals surface area contributed by atoms with Crippen molar-refractivity contribution < 1.29 is 19.2 Å². The average molecular weight is 754 g/mol. The third-order valence-electron chi connectivity index (χ3n) is 10.6. The number of piperidine rings is 1. The molecule has 3 N–H and O–H groups in total. The second-order valence-electron chi connectivity index (χ2n) is 14.0. The van der Waals surface area contributed by atoms with Crippen molar-refractivity contribution >= 4 is 52.5 Å². The minimum atomic E-state index is -0.960. The summed E-state index contributed by atoms with van der Waals surface area (Å²) in [7, 11) is 0. The number of nitrogens with one attached hydrogen (secondary N) is 3. The van der Waals surface area contributed by atoms with Crippen LogP contribution in [0.3, 0.4) is 0 Å². The number of carbonyl (C=O) groups is 4. The molecule has 0 radical (unpaired) electrons. The number of benzene rings is 4. The van der Waals surface area contributed by atoms with E-state index in [1.165, 1.54) is 0 Å². The van der Waals surface area contributed by atoms with E-state index in [0.717, 1.165) is 27.9 Å². The van der Waals surface area contributed by atoms with Crippen molar-refractivity contribution in [3.05, 3.63) is 135 Å². The van der Waals surface area contributed by atoms with Gasteiger partial charge < -0.3 is 30.7 Å². The molecule has 0 saturated carbocycles. The molecule has 7 rings (SSSR count). The zero-order chi connectivity index (χ0) is 37.0. The molecular weight excluding hydrogens is 711 g/mol. The van der Waals surface area contributed by atoms with Crippen LogP contribution in [0.1, 0.15) is 35.1 Å². The van der Waals surface area contributed by atoms with E-state index in [9.17, 15) is 19.2 Å². The van der Waals surface area contributed by atoms with Crippen LogP contribution >= 0.6 is 23.2 Å². The van der Waals surface area contributed by atoms with Crippen LogP contribution in [0.15, 0.2) is 103 Å². The molecule has 4 amide bonds. The summed E-state index contributed by atoms with van der Waals surface area (Å²) in [6, 6.07) is 31.0. The molecule has 3 aliphatic rings. The van der Waals surface area contributed by atoms with Gasteiger partial charge in [-0.15, -0.1) is 0 Å². The molecule has 0 bridgehead atoms. The monoisotopic (exact) mass is 752 g/mol. The highest BCUT2D eigenvalue weighted by Gasteiger charge is 2.54. The lowest BCUT2D eigenvalue weighted by Gasteiger charge is -2.44. The van der Waals surface area contributed by atoms with E-state index in [2.05, 4.69) is 22.0 Å². The van der Waals surface area contributed by atoms with Gasteiger partial charge in [0, 0.05) is 48.3 Å². The number of likely N-dealkylation sites (tertiary alicyclic amines) is 1. The maximum absolute atomic E-state index is 14.3. The van der Waals surface area contributed by atoms with Crippen LogP contribution in [-0.2, 0) is 45.1 Å². The van der Waals surface area contributed by atoms with Crippen molar-refractivity contribution in [3.63, 3.8) is 0 Å². The first-order chi connectivity index (χ1) is 25.7. The number of amides is 4. The topological polar surface area (TPSA) is 114 Å². The van der Waals surface area contributed by atoms with Crippen molar-refractivity contribution in [2.24, 2.45) is 0 Å². The largest absolute Gasteiger partial charge is 0.350 e. The summed E-state index contributed by atoms with van der Waals surface area (Å²) in [4.78, 5) is 60.8. The number of anilines is 1. The maximum atomic E-state index is 14.3. The fourth-order valence-electron chi connectivity index (χ4n) is 7.65. The van der Waals surface area contributed by atoms with Crippen molar-refractivity contribution in [2.45, 2.75) is 56.4 Å². The Morgan fingerprint density at radius 1 is 0.811 bits per heavy atom. The summed E-state index contributed by atoms with van der Waals surface area (Å²) in [6.07, 6.45) is 1.52. The summed E-state index contributed by atoms with van der Waals surface area (Å²) < 4.78 is 0. The summed E-state index contributed by atoms with van der Waals surface area (Å²) in [6.45, 7) is 1.66. The third-order valence-corrected chi connectivity index (χ3v) is 11.1. The molecule has 0 aliphatic carbocycles. The van der Waals surface area contributed by atoms with Crippen molar-refractivity contribution in [3.8, 4) is 0 Å². The highest BCUT2D eigenvalue weighted by molar-refractivity contribution is 6.30. The Labute approximate surface area is 319 Å². The fraction of sp³-hybridized carbons (Fsp3) is 0.317. The van der Waals surface area contributed by atoms with E-state index in [1.54, 1.807) is 34.1 Å². The SMILES string of the molecule is O=C(CN1CN(c2ccc(Cl)cc2)C2(CCN(C(=O)[C@@H](Cc3ccc(Cl)cc3)NC(=O)[C@H]3Cc4ccccc4CN3)CC2)C1=O)NCc1ccccc1. The number of carbonyl (C=O) groups excluding carboxylic acids is 4. The predicted octanol–water partition coefficient (Wildman–Crippen LogP) is 4.72. The van der Waals surface area contributed by atoms with Gasteiger partial charge in [-0.2, -0.15) is 0 Å². The molecule has 2 saturated heterocycles. The average Bonchev–Trinajstić information content (AvgIpc) is 3.44. The van der Waals surface area contributed by atoms with Gasteiger partial charge in [-0.3, -0.25) is 19.2 Å².